The quantitative estimate of drug-likeness (QED) is 0.772. The molecule has 0 saturated heterocycles. The van der Waals surface area contributed by atoms with Gasteiger partial charge < -0.3 is 11.5 Å². The molecule has 3 unspecified atom stereocenters. The molecule has 3 rings (SSSR count). The van der Waals surface area contributed by atoms with Gasteiger partial charge in [-0.15, -0.1) is 0 Å². The van der Waals surface area contributed by atoms with Crippen LogP contribution < -0.4 is 11.5 Å². The van der Waals surface area contributed by atoms with Crippen molar-refractivity contribution in [1.82, 2.24) is 0 Å². The smallest absolute Gasteiger partial charge is 0.223 e. The maximum atomic E-state index is 12.0. The van der Waals surface area contributed by atoms with Crippen molar-refractivity contribution in [2.75, 3.05) is 5.73 Å². The predicted molar refractivity (Wildman–Crippen MR) is 81.2 cm³/mol. The molecule has 0 heterocycles. The van der Waals surface area contributed by atoms with E-state index in [-0.39, 0.29) is 16.7 Å². The average molecular weight is 272 g/mol. The first-order chi connectivity index (χ1) is 9.38. The highest BCUT2D eigenvalue weighted by atomic mass is 16.1. The number of nitrogen functional groups attached to an aromatic ring is 1. The van der Waals surface area contributed by atoms with E-state index in [1.165, 1.54) is 11.1 Å². The van der Waals surface area contributed by atoms with Gasteiger partial charge in [0.05, 0.1) is 0 Å². The summed E-state index contributed by atoms with van der Waals surface area (Å²) in [6.07, 6.45) is 5.17. The number of rotatable bonds is 1. The van der Waals surface area contributed by atoms with E-state index in [0.29, 0.717) is 5.92 Å². The van der Waals surface area contributed by atoms with Gasteiger partial charge in [-0.2, -0.15) is 0 Å². The third-order valence-electron chi connectivity index (χ3n) is 5.94. The highest BCUT2D eigenvalue weighted by Gasteiger charge is 2.54. The Labute approximate surface area is 120 Å². The number of carbonyl (C=O) groups is 1. The number of aryl methyl sites for hydroxylation is 1. The summed E-state index contributed by atoms with van der Waals surface area (Å²) in [6.45, 7) is 4.37. The van der Waals surface area contributed by atoms with Gasteiger partial charge in [-0.05, 0) is 60.3 Å². The van der Waals surface area contributed by atoms with Crippen LogP contribution in [0.5, 0.6) is 0 Å². The Bertz CT molecular complexity index is 568. The van der Waals surface area contributed by atoms with Gasteiger partial charge in [0, 0.05) is 11.1 Å². The fourth-order valence-electron chi connectivity index (χ4n) is 4.77. The number of hydrogen-bond acceptors (Lipinski definition) is 2. The van der Waals surface area contributed by atoms with Crippen molar-refractivity contribution in [1.29, 1.82) is 0 Å². The zero-order valence-electron chi connectivity index (χ0n) is 12.4. The SMILES string of the molecule is CC1(C(N)=O)CCCC2(C)c3cc(N)ccc3CCC12. The fourth-order valence-corrected chi connectivity index (χ4v) is 4.77. The molecule has 0 spiro atoms. The van der Waals surface area contributed by atoms with Crippen LogP contribution in [0.1, 0.15) is 50.7 Å². The Morgan fingerprint density at radius 2 is 2.05 bits per heavy atom. The number of primary amides is 1. The molecule has 4 N–H and O–H groups in total. The summed E-state index contributed by atoms with van der Waals surface area (Å²) >= 11 is 0. The summed E-state index contributed by atoms with van der Waals surface area (Å²) in [5.41, 5.74) is 15.0. The van der Waals surface area contributed by atoms with Crippen LogP contribution in [0.4, 0.5) is 5.69 Å². The van der Waals surface area contributed by atoms with E-state index in [4.69, 9.17) is 11.5 Å². The van der Waals surface area contributed by atoms with Gasteiger partial charge in [-0.25, -0.2) is 0 Å². The number of benzene rings is 1. The molecule has 0 bridgehead atoms. The fraction of sp³-hybridized carbons (Fsp3) is 0.588. The molecule has 1 saturated carbocycles. The Kier molecular flexibility index (Phi) is 2.86. The van der Waals surface area contributed by atoms with Crippen molar-refractivity contribution in [3.05, 3.63) is 29.3 Å². The van der Waals surface area contributed by atoms with Crippen molar-refractivity contribution in [2.24, 2.45) is 17.1 Å². The molecular formula is C17H24N2O. The van der Waals surface area contributed by atoms with Gasteiger partial charge in [0.2, 0.25) is 5.91 Å². The molecule has 0 aliphatic heterocycles. The molecule has 1 amide bonds. The first-order valence-electron chi connectivity index (χ1n) is 7.57. The first kappa shape index (κ1) is 13.5. The zero-order valence-corrected chi connectivity index (χ0v) is 12.4. The summed E-state index contributed by atoms with van der Waals surface area (Å²) in [4.78, 5) is 12.0. The molecular weight excluding hydrogens is 248 g/mol. The molecule has 3 nitrogen and oxygen atoms in total. The van der Waals surface area contributed by atoms with Crippen LogP contribution in [-0.4, -0.2) is 5.91 Å². The largest absolute Gasteiger partial charge is 0.399 e. The van der Waals surface area contributed by atoms with Gasteiger partial charge in [0.1, 0.15) is 0 Å². The number of anilines is 1. The van der Waals surface area contributed by atoms with Gasteiger partial charge in [0.25, 0.3) is 0 Å². The van der Waals surface area contributed by atoms with Gasteiger partial charge in [-0.1, -0.05) is 26.3 Å². The second-order valence-corrected chi connectivity index (χ2v) is 7.06. The lowest BCUT2D eigenvalue weighted by Gasteiger charge is -2.54. The second-order valence-electron chi connectivity index (χ2n) is 7.06. The highest BCUT2D eigenvalue weighted by molar-refractivity contribution is 5.81. The molecule has 3 heteroatoms. The molecule has 0 radical (unpaired) electrons. The summed E-state index contributed by atoms with van der Waals surface area (Å²) in [5, 5.41) is 0. The van der Waals surface area contributed by atoms with Crippen molar-refractivity contribution in [3.63, 3.8) is 0 Å². The summed E-state index contributed by atoms with van der Waals surface area (Å²) in [5.74, 6) is 0.191. The third kappa shape index (κ3) is 1.68. The summed E-state index contributed by atoms with van der Waals surface area (Å²) < 4.78 is 0. The summed E-state index contributed by atoms with van der Waals surface area (Å²) in [7, 11) is 0. The number of amides is 1. The van der Waals surface area contributed by atoms with E-state index in [1.54, 1.807) is 0 Å². The Morgan fingerprint density at radius 3 is 2.75 bits per heavy atom. The number of hydrogen-bond donors (Lipinski definition) is 2. The lowest BCUT2D eigenvalue weighted by molar-refractivity contribution is -0.135. The Morgan fingerprint density at radius 1 is 1.30 bits per heavy atom. The molecule has 1 fully saturated rings. The van der Waals surface area contributed by atoms with E-state index in [2.05, 4.69) is 26.0 Å². The molecule has 108 valence electrons. The molecule has 0 aromatic heterocycles. The maximum Gasteiger partial charge on any atom is 0.223 e. The number of carbonyl (C=O) groups excluding carboxylic acids is 1. The Balaban J connectivity index is 2.13. The molecule has 1 aromatic carbocycles. The van der Waals surface area contributed by atoms with Crippen molar-refractivity contribution < 1.29 is 4.79 Å². The minimum atomic E-state index is -0.380. The molecule has 2 aliphatic carbocycles. The van der Waals surface area contributed by atoms with Crippen LogP contribution in [0, 0.1) is 11.3 Å². The molecule has 20 heavy (non-hydrogen) atoms. The maximum absolute atomic E-state index is 12.0. The zero-order chi connectivity index (χ0) is 14.5. The molecule has 1 aromatic rings. The minimum Gasteiger partial charge on any atom is -0.399 e. The van der Waals surface area contributed by atoms with Crippen LogP contribution in [0.15, 0.2) is 18.2 Å². The normalized spacial score (nSPS) is 36.0. The lowest BCUT2D eigenvalue weighted by Crippen LogP contribution is -2.54. The Hall–Kier alpha value is -1.51. The van der Waals surface area contributed by atoms with Gasteiger partial charge in [0.15, 0.2) is 0 Å². The van der Waals surface area contributed by atoms with Gasteiger partial charge >= 0.3 is 0 Å². The van der Waals surface area contributed by atoms with E-state index in [9.17, 15) is 4.79 Å². The average Bonchev–Trinajstić information content (AvgIpc) is 2.39. The first-order valence-corrected chi connectivity index (χ1v) is 7.57. The highest BCUT2D eigenvalue weighted by Crippen LogP contribution is 2.57. The van der Waals surface area contributed by atoms with E-state index >= 15 is 0 Å². The van der Waals surface area contributed by atoms with Crippen LogP contribution in [-0.2, 0) is 16.6 Å². The van der Waals surface area contributed by atoms with Crippen LogP contribution in [0.2, 0.25) is 0 Å². The predicted octanol–water partition coefficient (Wildman–Crippen LogP) is 2.76. The van der Waals surface area contributed by atoms with Crippen LogP contribution in [0.25, 0.3) is 0 Å². The van der Waals surface area contributed by atoms with E-state index in [0.717, 1.165) is 37.8 Å². The third-order valence-corrected chi connectivity index (χ3v) is 5.94. The van der Waals surface area contributed by atoms with Crippen molar-refractivity contribution >= 4 is 11.6 Å². The lowest BCUT2D eigenvalue weighted by atomic mass is 9.49. The standard InChI is InChI=1S/C17H24N2O/c1-16-8-3-9-17(2,15(19)20)14(16)7-5-11-4-6-12(18)10-13(11)16/h4,6,10,14H,3,5,7-9,18H2,1-2H3,(H2,19,20). The monoisotopic (exact) mass is 272 g/mol. The number of nitrogens with two attached hydrogens (primary N) is 2. The topological polar surface area (TPSA) is 69.1 Å². The minimum absolute atomic E-state index is 0.0327. The summed E-state index contributed by atoms with van der Waals surface area (Å²) in [6, 6.07) is 6.26. The van der Waals surface area contributed by atoms with Crippen LogP contribution in [0.3, 0.4) is 0 Å². The van der Waals surface area contributed by atoms with Gasteiger partial charge in [-0.3, -0.25) is 4.79 Å². The van der Waals surface area contributed by atoms with E-state index < -0.39 is 0 Å². The second kappa shape index (κ2) is 4.24. The van der Waals surface area contributed by atoms with E-state index in [1.807, 2.05) is 6.07 Å². The molecule has 3 atom stereocenters. The van der Waals surface area contributed by atoms with Crippen LogP contribution >= 0.6 is 0 Å². The number of fused-ring (bicyclic) bond motifs is 3. The molecule has 2 aliphatic rings. The van der Waals surface area contributed by atoms with Crippen molar-refractivity contribution in [3.8, 4) is 0 Å². The van der Waals surface area contributed by atoms with Crippen molar-refractivity contribution in [2.45, 2.75) is 51.4 Å².